The van der Waals surface area contributed by atoms with Crippen LogP contribution in [0.25, 0.3) is 0 Å². The molecule has 0 aliphatic carbocycles. The van der Waals surface area contributed by atoms with E-state index in [4.69, 9.17) is 0 Å². The molecule has 0 amide bonds. The number of carbonyl (C=O) groups excluding carboxylic acids is 2. The van der Waals surface area contributed by atoms with Gasteiger partial charge in [0.15, 0.2) is 9.84 Å². The summed E-state index contributed by atoms with van der Waals surface area (Å²) in [6, 6.07) is 0. The molecular formula is C9H16O4S. The van der Waals surface area contributed by atoms with Gasteiger partial charge in [-0.15, -0.1) is 0 Å². The van der Waals surface area contributed by atoms with Crippen molar-refractivity contribution in [3.8, 4) is 0 Å². The van der Waals surface area contributed by atoms with Gasteiger partial charge < -0.3 is 0 Å². The number of hydrogen-bond acceptors (Lipinski definition) is 4. The Bertz CT molecular complexity index is 303. The number of hydrogen-bond donors (Lipinski definition) is 0. The maximum Gasteiger partial charge on any atom is 0.151 e. The standard InChI is InChI=1S/C9H16O4S/c1-3-9(11)5-7-14(12,13)6-4-8(2)10/h3-7H2,1-2H3. The van der Waals surface area contributed by atoms with Crippen molar-refractivity contribution in [3.05, 3.63) is 0 Å². The van der Waals surface area contributed by atoms with Gasteiger partial charge in [-0.25, -0.2) is 8.42 Å². The van der Waals surface area contributed by atoms with Crippen molar-refractivity contribution in [2.24, 2.45) is 0 Å². The van der Waals surface area contributed by atoms with Gasteiger partial charge in [0.05, 0.1) is 11.5 Å². The van der Waals surface area contributed by atoms with Crippen LogP contribution in [0.3, 0.4) is 0 Å². The third-order valence-corrected chi connectivity index (χ3v) is 3.50. The quantitative estimate of drug-likeness (QED) is 0.635. The van der Waals surface area contributed by atoms with Crippen molar-refractivity contribution < 1.29 is 18.0 Å². The molecule has 4 nitrogen and oxygen atoms in total. The molecule has 0 fully saturated rings. The number of ketones is 2. The highest BCUT2D eigenvalue weighted by Gasteiger charge is 2.13. The molecule has 0 aromatic heterocycles. The molecule has 0 heterocycles. The summed E-state index contributed by atoms with van der Waals surface area (Å²) in [4.78, 5) is 21.4. The molecular weight excluding hydrogens is 204 g/mol. The molecule has 0 radical (unpaired) electrons. The van der Waals surface area contributed by atoms with Crippen LogP contribution in [0.1, 0.15) is 33.1 Å². The Morgan fingerprint density at radius 2 is 1.57 bits per heavy atom. The first kappa shape index (κ1) is 13.3. The highest BCUT2D eigenvalue weighted by molar-refractivity contribution is 7.91. The van der Waals surface area contributed by atoms with E-state index in [0.717, 1.165) is 0 Å². The molecule has 0 saturated heterocycles. The van der Waals surface area contributed by atoms with Crippen LogP contribution in [-0.4, -0.2) is 31.5 Å². The average Bonchev–Trinajstić information content (AvgIpc) is 2.11. The van der Waals surface area contributed by atoms with E-state index in [1.54, 1.807) is 6.92 Å². The lowest BCUT2D eigenvalue weighted by atomic mass is 10.2. The zero-order valence-electron chi connectivity index (χ0n) is 8.58. The highest BCUT2D eigenvalue weighted by atomic mass is 32.2. The Morgan fingerprint density at radius 1 is 1.07 bits per heavy atom. The van der Waals surface area contributed by atoms with Gasteiger partial charge in [0.1, 0.15) is 11.6 Å². The SMILES string of the molecule is CCC(=O)CCS(=O)(=O)CCC(C)=O. The van der Waals surface area contributed by atoms with Gasteiger partial charge in [0, 0.05) is 19.3 Å². The summed E-state index contributed by atoms with van der Waals surface area (Å²) in [6.45, 7) is 3.05. The molecule has 0 spiro atoms. The van der Waals surface area contributed by atoms with Crippen LogP contribution in [0.2, 0.25) is 0 Å². The minimum Gasteiger partial charge on any atom is -0.300 e. The summed E-state index contributed by atoms with van der Waals surface area (Å²) in [6.07, 6.45) is 0.474. The van der Waals surface area contributed by atoms with Crippen molar-refractivity contribution >= 4 is 21.4 Å². The first-order valence-corrected chi connectivity index (χ1v) is 6.41. The van der Waals surface area contributed by atoms with Gasteiger partial charge in [-0.2, -0.15) is 0 Å². The minimum absolute atomic E-state index is 0.0443. The fraction of sp³-hybridized carbons (Fsp3) is 0.778. The molecule has 0 saturated carbocycles. The zero-order chi connectivity index (χ0) is 11.2. The molecule has 0 aliphatic rings. The Morgan fingerprint density at radius 3 is 2.00 bits per heavy atom. The fourth-order valence-corrected chi connectivity index (χ4v) is 2.19. The van der Waals surface area contributed by atoms with Crippen LogP contribution in [0, 0.1) is 0 Å². The van der Waals surface area contributed by atoms with Gasteiger partial charge in [0.25, 0.3) is 0 Å². The van der Waals surface area contributed by atoms with Crippen molar-refractivity contribution in [1.82, 2.24) is 0 Å². The van der Waals surface area contributed by atoms with Crippen LogP contribution < -0.4 is 0 Å². The first-order valence-electron chi connectivity index (χ1n) is 4.59. The molecule has 14 heavy (non-hydrogen) atoms. The smallest absolute Gasteiger partial charge is 0.151 e. The van der Waals surface area contributed by atoms with Crippen molar-refractivity contribution in [2.45, 2.75) is 33.1 Å². The molecule has 82 valence electrons. The summed E-state index contributed by atoms with van der Waals surface area (Å²) in [7, 11) is -3.22. The van der Waals surface area contributed by atoms with E-state index in [1.165, 1.54) is 6.92 Å². The predicted octanol–water partition coefficient (Wildman–Crippen LogP) is 0.749. The highest BCUT2D eigenvalue weighted by Crippen LogP contribution is 1.99. The lowest BCUT2D eigenvalue weighted by Crippen LogP contribution is -2.15. The van der Waals surface area contributed by atoms with Crippen molar-refractivity contribution in [1.29, 1.82) is 0 Å². The molecule has 0 unspecified atom stereocenters. The average molecular weight is 220 g/mol. The third-order valence-electron chi connectivity index (χ3n) is 1.85. The Kier molecular flexibility index (Phi) is 5.60. The maximum absolute atomic E-state index is 11.3. The summed E-state index contributed by atoms with van der Waals surface area (Å²) in [5.41, 5.74) is 0. The molecule has 0 aromatic carbocycles. The van der Waals surface area contributed by atoms with E-state index in [1.807, 2.05) is 0 Å². The predicted molar refractivity (Wildman–Crippen MR) is 53.9 cm³/mol. The van der Waals surface area contributed by atoms with Crippen molar-refractivity contribution in [2.75, 3.05) is 11.5 Å². The fourth-order valence-electron chi connectivity index (χ4n) is 0.847. The van der Waals surface area contributed by atoms with E-state index >= 15 is 0 Å². The van der Waals surface area contributed by atoms with Crippen LogP contribution in [-0.2, 0) is 19.4 Å². The topological polar surface area (TPSA) is 68.3 Å². The summed E-state index contributed by atoms with van der Waals surface area (Å²) < 4.78 is 22.5. The number of sulfone groups is 1. The second kappa shape index (κ2) is 5.90. The molecule has 0 aliphatic heterocycles. The van der Waals surface area contributed by atoms with Gasteiger partial charge in [-0.3, -0.25) is 9.59 Å². The van der Waals surface area contributed by atoms with Gasteiger partial charge in [0.2, 0.25) is 0 Å². The van der Waals surface area contributed by atoms with Crippen LogP contribution >= 0.6 is 0 Å². The summed E-state index contributed by atoms with van der Waals surface area (Å²) >= 11 is 0. The molecule has 0 atom stereocenters. The van der Waals surface area contributed by atoms with E-state index in [0.29, 0.717) is 6.42 Å². The zero-order valence-corrected chi connectivity index (χ0v) is 9.39. The lowest BCUT2D eigenvalue weighted by Gasteiger charge is -2.01. The first-order chi connectivity index (χ1) is 6.37. The molecule has 0 N–H and O–H groups in total. The Hall–Kier alpha value is -0.710. The Balaban J connectivity index is 3.96. The van der Waals surface area contributed by atoms with Gasteiger partial charge >= 0.3 is 0 Å². The van der Waals surface area contributed by atoms with E-state index in [9.17, 15) is 18.0 Å². The van der Waals surface area contributed by atoms with Crippen LogP contribution in [0.5, 0.6) is 0 Å². The monoisotopic (exact) mass is 220 g/mol. The molecule has 0 bridgehead atoms. The third kappa shape index (κ3) is 6.77. The lowest BCUT2D eigenvalue weighted by molar-refractivity contribution is -0.118. The van der Waals surface area contributed by atoms with E-state index in [-0.39, 0.29) is 35.9 Å². The van der Waals surface area contributed by atoms with Gasteiger partial charge in [-0.1, -0.05) is 6.92 Å². The second-order valence-corrected chi connectivity index (χ2v) is 5.55. The largest absolute Gasteiger partial charge is 0.300 e. The maximum atomic E-state index is 11.3. The molecule has 5 heteroatoms. The summed E-state index contributed by atoms with van der Waals surface area (Å²) in [5.74, 6) is -0.474. The normalized spacial score (nSPS) is 11.3. The number of carbonyl (C=O) groups is 2. The molecule has 0 rings (SSSR count). The number of rotatable bonds is 7. The Labute approximate surface area is 84.6 Å². The van der Waals surface area contributed by atoms with Crippen LogP contribution in [0.15, 0.2) is 0 Å². The minimum atomic E-state index is -3.22. The number of Topliss-reactive ketones (excluding diaryl/α,β-unsaturated/α-hetero) is 2. The van der Waals surface area contributed by atoms with Crippen LogP contribution in [0.4, 0.5) is 0 Å². The van der Waals surface area contributed by atoms with E-state index in [2.05, 4.69) is 0 Å². The molecule has 0 aromatic rings. The summed E-state index contributed by atoms with van der Waals surface area (Å²) in [5, 5.41) is 0. The second-order valence-electron chi connectivity index (χ2n) is 3.25. The van der Waals surface area contributed by atoms with Crippen molar-refractivity contribution in [3.63, 3.8) is 0 Å². The van der Waals surface area contributed by atoms with Gasteiger partial charge in [-0.05, 0) is 6.92 Å². The van der Waals surface area contributed by atoms with E-state index < -0.39 is 9.84 Å².